The predicted molar refractivity (Wildman–Crippen MR) is 60.4 cm³/mol. The highest BCUT2D eigenvalue weighted by atomic mass is 32.2. The molecule has 0 aliphatic heterocycles. The van der Waals surface area contributed by atoms with Crippen molar-refractivity contribution in [3.63, 3.8) is 0 Å². The lowest BCUT2D eigenvalue weighted by Crippen LogP contribution is -2.55. The first-order valence-corrected chi connectivity index (χ1v) is 5.96. The van der Waals surface area contributed by atoms with Crippen LogP contribution in [0.5, 0.6) is 0 Å². The molecule has 16 heavy (non-hydrogen) atoms. The summed E-state index contributed by atoms with van der Waals surface area (Å²) in [4.78, 5) is 10.1. The van der Waals surface area contributed by atoms with Crippen LogP contribution < -0.4 is 5.73 Å². The van der Waals surface area contributed by atoms with Crippen LogP contribution in [0.4, 0.5) is 0 Å². The van der Waals surface area contributed by atoms with Gasteiger partial charge in [-0.1, -0.05) is 6.92 Å². The number of nitrogens with zero attached hydrogens (tertiary/aromatic N) is 1. The van der Waals surface area contributed by atoms with Gasteiger partial charge >= 0.3 is 5.97 Å². The molecule has 0 saturated heterocycles. The van der Waals surface area contributed by atoms with Crippen molar-refractivity contribution in [2.75, 3.05) is 27.7 Å². The SMILES string of the molecule is CCN.COC(=O)C(C)(N(C)C)S(=O)(=O)O. The molecule has 0 amide bonds. The number of carbonyl (C=O) groups is 1. The molecular weight excluding hydrogens is 236 g/mol. The molecule has 0 fully saturated rings. The van der Waals surface area contributed by atoms with E-state index in [2.05, 4.69) is 4.74 Å². The summed E-state index contributed by atoms with van der Waals surface area (Å²) < 4.78 is 34.9. The number of hydrogen-bond acceptors (Lipinski definition) is 6. The molecular formula is C8H20N2O5S. The van der Waals surface area contributed by atoms with Crippen LogP contribution >= 0.6 is 0 Å². The van der Waals surface area contributed by atoms with Crippen molar-refractivity contribution >= 4 is 16.1 Å². The molecule has 1 atom stereocenters. The fourth-order valence-electron chi connectivity index (χ4n) is 0.708. The van der Waals surface area contributed by atoms with Crippen molar-refractivity contribution < 1.29 is 22.5 Å². The quantitative estimate of drug-likeness (QED) is 0.507. The Bertz CT molecular complexity index is 314. The van der Waals surface area contributed by atoms with E-state index in [9.17, 15) is 13.2 Å². The van der Waals surface area contributed by atoms with Crippen LogP contribution in [0.15, 0.2) is 0 Å². The van der Waals surface area contributed by atoms with Gasteiger partial charge in [0.05, 0.1) is 7.11 Å². The first-order valence-electron chi connectivity index (χ1n) is 4.52. The van der Waals surface area contributed by atoms with Gasteiger partial charge in [0.1, 0.15) is 0 Å². The molecule has 7 nitrogen and oxygen atoms in total. The molecule has 0 rings (SSSR count). The monoisotopic (exact) mass is 256 g/mol. The highest BCUT2D eigenvalue weighted by molar-refractivity contribution is 7.88. The number of nitrogens with two attached hydrogens (primary N) is 1. The molecule has 0 aromatic rings. The Kier molecular flexibility index (Phi) is 7.51. The third-order valence-electron chi connectivity index (χ3n) is 1.92. The van der Waals surface area contributed by atoms with Crippen molar-refractivity contribution in [1.82, 2.24) is 4.90 Å². The number of likely N-dealkylation sites (N-methyl/N-ethyl adjacent to an activating group) is 1. The molecule has 0 heterocycles. The first-order chi connectivity index (χ1) is 7.09. The second-order valence-electron chi connectivity index (χ2n) is 3.25. The van der Waals surface area contributed by atoms with Gasteiger partial charge in [0.15, 0.2) is 0 Å². The van der Waals surface area contributed by atoms with Gasteiger partial charge in [0.25, 0.3) is 10.1 Å². The zero-order valence-electron chi connectivity index (χ0n) is 10.2. The molecule has 0 bridgehead atoms. The third-order valence-corrected chi connectivity index (χ3v) is 3.46. The van der Waals surface area contributed by atoms with Crippen LogP contribution in [0.25, 0.3) is 0 Å². The first kappa shape index (κ1) is 17.7. The minimum Gasteiger partial charge on any atom is -0.467 e. The fraction of sp³-hybridized carbons (Fsp3) is 0.875. The van der Waals surface area contributed by atoms with E-state index in [-0.39, 0.29) is 0 Å². The maximum Gasteiger partial charge on any atom is 0.344 e. The zero-order chi connectivity index (χ0) is 13.6. The second-order valence-corrected chi connectivity index (χ2v) is 5.00. The Labute approximate surface area is 96.3 Å². The Morgan fingerprint density at radius 2 is 1.81 bits per heavy atom. The van der Waals surface area contributed by atoms with Crippen molar-refractivity contribution in [3.8, 4) is 0 Å². The molecule has 3 N–H and O–H groups in total. The van der Waals surface area contributed by atoms with E-state index in [0.29, 0.717) is 0 Å². The number of carbonyl (C=O) groups excluding carboxylic acids is 1. The highest BCUT2D eigenvalue weighted by Crippen LogP contribution is 2.19. The van der Waals surface area contributed by atoms with Gasteiger partial charge in [-0.25, -0.2) is 4.79 Å². The van der Waals surface area contributed by atoms with Gasteiger partial charge in [-0.3, -0.25) is 9.45 Å². The molecule has 0 aromatic carbocycles. The molecule has 0 saturated carbocycles. The van der Waals surface area contributed by atoms with Gasteiger partial charge in [-0.15, -0.1) is 0 Å². The lowest BCUT2D eigenvalue weighted by molar-refractivity contribution is -0.147. The predicted octanol–water partition coefficient (Wildman–Crippen LogP) is -0.710. The summed E-state index contributed by atoms with van der Waals surface area (Å²) in [6.45, 7) is 3.72. The molecule has 0 aliphatic carbocycles. The maximum absolute atomic E-state index is 11.1. The number of ether oxygens (including phenoxy) is 1. The average molecular weight is 256 g/mol. The van der Waals surface area contributed by atoms with E-state index >= 15 is 0 Å². The van der Waals surface area contributed by atoms with Crippen LogP contribution in [-0.4, -0.2) is 56.5 Å². The highest BCUT2D eigenvalue weighted by Gasteiger charge is 2.49. The molecule has 98 valence electrons. The Balaban J connectivity index is 0. The minimum atomic E-state index is -4.52. The number of rotatable bonds is 3. The summed E-state index contributed by atoms with van der Waals surface area (Å²) in [6.07, 6.45) is 0. The summed E-state index contributed by atoms with van der Waals surface area (Å²) in [6, 6.07) is 0. The van der Waals surface area contributed by atoms with E-state index in [1.54, 1.807) is 0 Å². The van der Waals surface area contributed by atoms with E-state index < -0.39 is 21.0 Å². The molecule has 0 aromatic heterocycles. The number of methoxy groups -OCH3 is 1. The van der Waals surface area contributed by atoms with E-state index in [0.717, 1.165) is 25.5 Å². The van der Waals surface area contributed by atoms with Gasteiger partial charge < -0.3 is 10.5 Å². The van der Waals surface area contributed by atoms with Crippen LogP contribution in [0.3, 0.4) is 0 Å². The lowest BCUT2D eigenvalue weighted by atomic mass is 10.3. The van der Waals surface area contributed by atoms with Crippen molar-refractivity contribution in [3.05, 3.63) is 0 Å². The van der Waals surface area contributed by atoms with Gasteiger partial charge in [-0.05, 0) is 27.6 Å². The van der Waals surface area contributed by atoms with Crippen LogP contribution in [-0.2, 0) is 19.6 Å². The lowest BCUT2D eigenvalue weighted by Gasteiger charge is -2.29. The molecule has 8 heteroatoms. The molecule has 0 spiro atoms. The van der Waals surface area contributed by atoms with Crippen LogP contribution in [0.2, 0.25) is 0 Å². The van der Waals surface area contributed by atoms with Crippen molar-refractivity contribution in [2.45, 2.75) is 18.7 Å². The van der Waals surface area contributed by atoms with Crippen molar-refractivity contribution in [1.29, 1.82) is 0 Å². The zero-order valence-corrected chi connectivity index (χ0v) is 11.0. The standard InChI is InChI=1S/C6H13NO5S.C2H7N/c1-6(7(2)3,5(8)12-4)13(9,10)11;1-2-3/h1-4H3,(H,9,10,11);2-3H2,1H3. The Morgan fingerprint density at radius 3 is 1.88 bits per heavy atom. The third kappa shape index (κ3) is 4.05. The molecule has 1 unspecified atom stereocenters. The largest absolute Gasteiger partial charge is 0.467 e. The summed E-state index contributed by atoms with van der Waals surface area (Å²) in [5, 5.41) is 0. The smallest absolute Gasteiger partial charge is 0.344 e. The van der Waals surface area contributed by atoms with Gasteiger partial charge in [0.2, 0.25) is 4.87 Å². The van der Waals surface area contributed by atoms with Gasteiger partial charge in [-0.2, -0.15) is 8.42 Å². The van der Waals surface area contributed by atoms with E-state index in [1.807, 2.05) is 6.92 Å². The summed E-state index contributed by atoms with van der Waals surface area (Å²) in [5.74, 6) is -1.03. The van der Waals surface area contributed by atoms with Crippen LogP contribution in [0.1, 0.15) is 13.8 Å². The summed E-state index contributed by atoms with van der Waals surface area (Å²) in [7, 11) is -0.769. The summed E-state index contributed by atoms with van der Waals surface area (Å²) >= 11 is 0. The Morgan fingerprint density at radius 1 is 1.50 bits per heavy atom. The molecule has 0 aliphatic rings. The number of hydrogen-bond donors (Lipinski definition) is 2. The van der Waals surface area contributed by atoms with Crippen molar-refractivity contribution in [2.24, 2.45) is 5.73 Å². The normalized spacial score (nSPS) is 14.8. The maximum atomic E-state index is 11.1. The van der Waals surface area contributed by atoms with E-state index in [1.165, 1.54) is 14.1 Å². The average Bonchev–Trinajstić information content (AvgIpc) is 2.14. The Hall–Kier alpha value is -0.700. The topological polar surface area (TPSA) is 110 Å². The summed E-state index contributed by atoms with van der Waals surface area (Å²) in [5.41, 5.74) is 4.85. The second kappa shape index (κ2) is 6.79. The molecule has 0 radical (unpaired) electrons. The fourth-order valence-corrected chi connectivity index (χ4v) is 1.46. The number of esters is 1. The van der Waals surface area contributed by atoms with Crippen LogP contribution in [0, 0.1) is 0 Å². The minimum absolute atomic E-state index is 0.750. The van der Waals surface area contributed by atoms with E-state index in [4.69, 9.17) is 10.3 Å². The van der Waals surface area contributed by atoms with Gasteiger partial charge in [0, 0.05) is 0 Å².